The second kappa shape index (κ2) is 6.37. The van der Waals surface area contributed by atoms with Crippen LogP contribution < -0.4 is 10.6 Å². The van der Waals surface area contributed by atoms with Crippen LogP contribution in [0.5, 0.6) is 0 Å². The van der Waals surface area contributed by atoms with Gasteiger partial charge in [0.1, 0.15) is 0 Å². The summed E-state index contributed by atoms with van der Waals surface area (Å²) in [6.07, 6.45) is 5.09. The van der Waals surface area contributed by atoms with Crippen molar-refractivity contribution in [2.75, 3.05) is 38.1 Å². The van der Waals surface area contributed by atoms with Gasteiger partial charge in [-0.3, -0.25) is 4.90 Å². The Labute approximate surface area is 129 Å². The standard InChI is InChI=1S/C18H29N3/c1-3-21-10-5-4-6-16(13-19)18(21)15-7-8-17-14(12-15)9-11-20(17)2/h7-8,12,16,18H,3-6,9-11,13,19H2,1-2H3. The van der Waals surface area contributed by atoms with Crippen molar-refractivity contribution >= 4 is 5.69 Å². The molecule has 1 saturated heterocycles. The molecule has 1 aromatic carbocycles. The van der Waals surface area contributed by atoms with Gasteiger partial charge in [0.2, 0.25) is 0 Å². The van der Waals surface area contributed by atoms with Crippen molar-refractivity contribution in [2.45, 2.75) is 38.6 Å². The van der Waals surface area contributed by atoms with Gasteiger partial charge in [0, 0.05) is 25.3 Å². The van der Waals surface area contributed by atoms with Crippen LogP contribution in [0.1, 0.15) is 43.4 Å². The molecule has 1 fully saturated rings. The summed E-state index contributed by atoms with van der Waals surface area (Å²) in [6.45, 7) is 6.58. The maximum absolute atomic E-state index is 6.12. The van der Waals surface area contributed by atoms with Crippen molar-refractivity contribution < 1.29 is 0 Å². The lowest BCUT2D eigenvalue weighted by Gasteiger charge is -2.34. The number of nitrogens with zero attached hydrogens (tertiary/aromatic N) is 2. The van der Waals surface area contributed by atoms with E-state index in [2.05, 4.69) is 42.0 Å². The maximum Gasteiger partial charge on any atom is 0.0397 e. The van der Waals surface area contributed by atoms with E-state index >= 15 is 0 Å². The fourth-order valence-corrected chi connectivity index (χ4v) is 4.17. The van der Waals surface area contributed by atoms with E-state index in [0.29, 0.717) is 12.0 Å². The molecule has 3 rings (SSSR count). The zero-order valence-electron chi connectivity index (χ0n) is 13.5. The van der Waals surface area contributed by atoms with Gasteiger partial charge in [-0.1, -0.05) is 25.5 Å². The van der Waals surface area contributed by atoms with Gasteiger partial charge in [0.05, 0.1) is 0 Å². The highest BCUT2D eigenvalue weighted by Gasteiger charge is 2.30. The molecule has 2 atom stereocenters. The fraction of sp³-hybridized carbons (Fsp3) is 0.667. The molecule has 3 nitrogen and oxygen atoms in total. The fourth-order valence-electron chi connectivity index (χ4n) is 4.17. The van der Waals surface area contributed by atoms with E-state index in [1.54, 1.807) is 0 Å². The van der Waals surface area contributed by atoms with Crippen LogP contribution in [-0.4, -0.2) is 38.1 Å². The Bertz CT molecular complexity index is 471. The minimum atomic E-state index is 0.513. The average molecular weight is 287 g/mol. The summed E-state index contributed by atoms with van der Waals surface area (Å²) in [4.78, 5) is 5.01. The number of rotatable bonds is 3. The molecule has 21 heavy (non-hydrogen) atoms. The number of anilines is 1. The summed E-state index contributed by atoms with van der Waals surface area (Å²) >= 11 is 0. The SMILES string of the molecule is CCN1CCCCC(CN)C1c1ccc2c(c1)CCN2C. The van der Waals surface area contributed by atoms with Crippen LogP contribution in [0.2, 0.25) is 0 Å². The van der Waals surface area contributed by atoms with Gasteiger partial charge in [-0.05, 0) is 62.0 Å². The number of fused-ring (bicyclic) bond motifs is 1. The predicted molar refractivity (Wildman–Crippen MR) is 89.8 cm³/mol. The van der Waals surface area contributed by atoms with Gasteiger partial charge in [0.25, 0.3) is 0 Å². The van der Waals surface area contributed by atoms with Crippen LogP contribution in [0.25, 0.3) is 0 Å². The number of hydrogen-bond donors (Lipinski definition) is 1. The van der Waals surface area contributed by atoms with Crippen molar-refractivity contribution in [3.05, 3.63) is 29.3 Å². The maximum atomic E-state index is 6.12. The molecule has 1 aromatic rings. The van der Waals surface area contributed by atoms with E-state index in [1.165, 1.54) is 49.0 Å². The Morgan fingerprint density at radius 1 is 1.24 bits per heavy atom. The molecule has 3 heteroatoms. The number of hydrogen-bond acceptors (Lipinski definition) is 3. The lowest BCUT2D eigenvalue weighted by Crippen LogP contribution is -2.35. The molecule has 0 saturated carbocycles. The molecule has 2 N–H and O–H groups in total. The van der Waals surface area contributed by atoms with Crippen LogP contribution in [-0.2, 0) is 6.42 Å². The van der Waals surface area contributed by atoms with Crippen molar-refractivity contribution in [3.63, 3.8) is 0 Å². The van der Waals surface area contributed by atoms with E-state index in [9.17, 15) is 0 Å². The smallest absolute Gasteiger partial charge is 0.0397 e. The third-order valence-corrected chi connectivity index (χ3v) is 5.39. The molecule has 0 bridgehead atoms. The minimum absolute atomic E-state index is 0.513. The van der Waals surface area contributed by atoms with Crippen LogP contribution >= 0.6 is 0 Å². The monoisotopic (exact) mass is 287 g/mol. The normalized spacial score (nSPS) is 26.7. The van der Waals surface area contributed by atoms with Crippen molar-refractivity contribution in [3.8, 4) is 0 Å². The van der Waals surface area contributed by atoms with E-state index in [-0.39, 0.29) is 0 Å². The second-order valence-electron chi connectivity index (χ2n) is 6.62. The molecular weight excluding hydrogens is 258 g/mol. The Hall–Kier alpha value is -1.06. The average Bonchev–Trinajstić information content (AvgIpc) is 2.75. The van der Waals surface area contributed by atoms with Gasteiger partial charge in [-0.2, -0.15) is 0 Å². The van der Waals surface area contributed by atoms with Crippen molar-refractivity contribution in [1.82, 2.24) is 4.90 Å². The number of benzene rings is 1. The molecule has 0 aromatic heterocycles. The predicted octanol–water partition coefficient (Wildman–Crippen LogP) is 2.80. The molecule has 0 aliphatic carbocycles. The Balaban J connectivity index is 1.94. The second-order valence-corrected chi connectivity index (χ2v) is 6.62. The first-order valence-electron chi connectivity index (χ1n) is 8.52. The molecule has 0 spiro atoms. The van der Waals surface area contributed by atoms with Gasteiger partial charge >= 0.3 is 0 Å². The number of likely N-dealkylation sites (tertiary alicyclic amines) is 1. The largest absolute Gasteiger partial charge is 0.374 e. The van der Waals surface area contributed by atoms with Crippen molar-refractivity contribution in [1.29, 1.82) is 0 Å². The van der Waals surface area contributed by atoms with E-state index in [0.717, 1.165) is 19.6 Å². The molecule has 0 amide bonds. The Morgan fingerprint density at radius 2 is 2.10 bits per heavy atom. The van der Waals surface area contributed by atoms with Crippen LogP contribution in [0, 0.1) is 5.92 Å². The number of nitrogens with two attached hydrogens (primary N) is 1. The third-order valence-electron chi connectivity index (χ3n) is 5.39. The lowest BCUT2D eigenvalue weighted by atomic mass is 9.88. The van der Waals surface area contributed by atoms with Crippen LogP contribution in [0.4, 0.5) is 5.69 Å². The molecule has 0 radical (unpaired) electrons. The van der Waals surface area contributed by atoms with E-state index in [4.69, 9.17) is 5.73 Å². The van der Waals surface area contributed by atoms with Gasteiger partial charge in [-0.15, -0.1) is 0 Å². The zero-order valence-corrected chi connectivity index (χ0v) is 13.5. The lowest BCUT2D eigenvalue weighted by molar-refractivity contribution is 0.166. The highest BCUT2D eigenvalue weighted by molar-refractivity contribution is 5.58. The van der Waals surface area contributed by atoms with Gasteiger partial charge < -0.3 is 10.6 Å². The molecule has 116 valence electrons. The summed E-state index contributed by atoms with van der Waals surface area (Å²) in [7, 11) is 2.19. The molecular formula is C18H29N3. The first-order chi connectivity index (χ1) is 10.2. The summed E-state index contributed by atoms with van der Waals surface area (Å²) in [6, 6.07) is 7.64. The minimum Gasteiger partial charge on any atom is -0.374 e. The van der Waals surface area contributed by atoms with Crippen LogP contribution in [0.3, 0.4) is 0 Å². The molecule has 2 heterocycles. The summed E-state index contributed by atoms with van der Waals surface area (Å²) in [5.74, 6) is 0.602. The summed E-state index contributed by atoms with van der Waals surface area (Å²) in [5, 5.41) is 0. The van der Waals surface area contributed by atoms with Crippen LogP contribution in [0.15, 0.2) is 18.2 Å². The number of likely N-dealkylation sites (N-methyl/N-ethyl adjacent to an activating group) is 1. The zero-order chi connectivity index (χ0) is 14.8. The molecule has 2 aliphatic rings. The highest BCUT2D eigenvalue weighted by atomic mass is 15.2. The first kappa shape index (κ1) is 14.9. The highest BCUT2D eigenvalue weighted by Crippen LogP contribution is 2.37. The summed E-state index contributed by atoms with van der Waals surface area (Å²) in [5.41, 5.74) is 10.5. The Kier molecular flexibility index (Phi) is 4.51. The Morgan fingerprint density at radius 3 is 2.86 bits per heavy atom. The quantitative estimate of drug-likeness (QED) is 0.928. The van der Waals surface area contributed by atoms with Gasteiger partial charge in [0.15, 0.2) is 0 Å². The van der Waals surface area contributed by atoms with E-state index in [1.807, 2.05) is 0 Å². The molecule has 2 aliphatic heterocycles. The van der Waals surface area contributed by atoms with Crippen molar-refractivity contribution in [2.24, 2.45) is 11.7 Å². The third kappa shape index (κ3) is 2.82. The summed E-state index contributed by atoms with van der Waals surface area (Å²) < 4.78 is 0. The van der Waals surface area contributed by atoms with E-state index < -0.39 is 0 Å². The molecule has 2 unspecified atom stereocenters. The first-order valence-corrected chi connectivity index (χ1v) is 8.52. The van der Waals surface area contributed by atoms with Gasteiger partial charge in [-0.25, -0.2) is 0 Å². The topological polar surface area (TPSA) is 32.5 Å².